The van der Waals surface area contributed by atoms with Crippen LogP contribution < -0.4 is 19.5 Å². The van der Waals surface area contributed by atoms with E-state index >= 15 is 0 Å². The molecule has 2 aromatic rings. The molecular formula is C19H26ClNO4. The van der Waals surface area contributed by atoms with Crippen LogP contribution in [0.25, 0.3) is 0 Å². The molecule has 0 aliphatic rings. The molecule has 0 heterocycles. The summed E-state index contributed by atoms with van der Waals surface area (Å²) < 4.78 is 15.8. The van der Waals surface area contributed by atoms with E-state index in [2.05, 4.69) is 5.32 Å². The Labute approximate surface area is 155 Å². The topological polar surface area (TPSA) is 60.0 Å². The molecule has 0 saturated carbocycles. The molecule has 0 amide bonds. The Morgan fingerprint density at radius 2 is 1.60 bits per heavy atom. The van der Waals surface area contributed by atoms with Crippen molar-refractivity contribution in [3.05, 3.63) is 53.6 Å². The number of rotatable bonds is 9. The first-order valence-electron chi connectivity index (χ1n) is 7.92. The lowest BCUT2D eigenvalue weighted by Crippen LogP contribution is -2.24. The number of nitrogens with one attached hydrogen (secondary N) is 1. The van der Waals surface area contributed by atoms with Crippen molar-refractivity contribution in [2.24, 2.45) is 0 Å². The second-order valence-corrected chi connectivity index (χ2v) is 5.40. The second kappa shape index (κ2) is 10.8. The Morgan fingerprint density at radius 3 is 2.28 bits per heavy atom. The van der Waals surface area contributed by atoms with E-state index in [1.807, 2.05) is 42.5 Å². The van der Waals surface area contributed by atoms with Crippen LogP contribution in [0.2, 0.25) is 0 Å². The summed E-state index contributed by atoms with van der Waals surface area (Å²) in [6.07, 6.45) is 0.227. The Balaban J connectivity index is 0.00000312. The van der Waals surface area contributed by atoms with Crippen molar-refractivity contribution < 1.29 is 19.3 Å². The summed E-state index contributed by atoms with van der Waals surface area (Å²) in [5.41, 5.74) is 1.94. The van der Waals surface area contributed by atoms with E-state index in [1.165, 1.54) is 0 Å². The van der Waals surface area contributed by atoms with Crippen molar-refractivity contribution in [1.82, 2.24) is 5.32 Å². The molecule has 25 heavy (non-hydrogen) atoms. The summed E-state index contributed by atoms with van der Waals surface area (Å²) in [5.74, 6) is 2.15. The molecule has 0 aliphatic heterocycles. The highest BCUT2D eigenvalue weighted by atomic mass is 35.5. The largest absolute Gasteiger partial charge is 0.496 e. The third kappa shape index (κ3) is 5.81. The average molecular weight is 368 g/mol. The van der Waals surface area contributed by atoms with Gasteiger partial charge < -0.3 is 24.6 Å². The SMILES string of the molecule is COc1ccc(CCNCC(O)c2ccccc2OC)cc1OC.Cl. The van der Waals surface area contributed by atoms with Crippen LogP contribution in [0.15, 0.2) is 42.5 Å². The van der Waals surface area contributed by atoms with E-state index in [0.29, 0.717) is 12.3 Å². The van der Waals surface area contributed by atoms with Gasteiger partial charge in [0.05, 0.1) is 27.4 Å². The van der Waals surface area contributed by atoms with Crippen LogP contribution in [0.5, 0.6) is 17.2 Å². The van der Waals surface area contributed by atoms with Gasteiger partial charge in [0, 0.05) is 12.1 Å². The van der Waals surface area contributed by atoms with E-state index in [4.69, 9.17) is 14.2 Å². The zero-order valence-electron chi connectivity index (χ0n) is 14.8. The third-order valence-corrected chi connectivity index (χ3v) is 3.87. The molecule has 138 valence electrons. The lowest BCUT2D eigenvalue weighted by atomic mass is 10.1. The number of benzene rings is 2. The maximum absolute atomic E-state index is 10.3. The second-order valence-electron chi connectivity index (χ2n) is 5.40. The minimum atomic E-state index is -0.605. The quantitative estimate of drug-likeness (QED) is 0.667. The number of halogens is 1. The van der Waals surface area contributed by atoms with E-state index in [9.17, 15) is 5.11 Å². The van der Waals surface area contributed by atoms with Crippen molar-refractivity contribution in [2.75, 3.05) is 34.4 Å². The van der Waals surface area contributed by atoms with Gasteiger partial charge in [0.25, 0.3) is 0 Å². The molecule has 2 aromatic carbocycles. The minimum absolute atomic E-state index is 0. The van der Waals surface area contributed by atoms with Gasteiger partial charge in [0.2, 0.25) is 0 Å². The number of hydrogen-bond donors (Lipinski definition) is 2. The van der Waals surface area contributed by atoms with Crippen LogP contribution in [0.3, 0.4) is 0 Å². The number of para-hydroxylation sites is 1. The van der Waals surface area contributed by atoms with Crippen molar-refractivity contribution in [1.29, 1.82) is 0 Å². The molecule has 0 spiro atoms. The molecule has 1 atom stereocenters. The molecule has 6 heteroatoms. The van der Waals surface area contributed by atoms with Gasteiger partial charge in [0.15, 0.2) is 11.5 Å². The summed E-state index contributed by atoms with van der Waals surface area (Å²) in [6.45, 7) is 1.22. The van der Waals surface area contributed by atoms with Gasteiger partial charge in [-0.3, -0.25) is 0 Å². The molecule has 0 radical (unpaired) electrons. The predicted octanol–water partition coefficient (Wildman–Crippen LogP) is 3.00. The zero-order chi connectivity index (χ0) is 17.4. The van der Waals surface area contributed by atoms with Gasteiger partial charge in [0.1, 0.15) is 5.75 Å². The van der Waals surface area contributed by atoms with Gasteiger partial charge in [-0.05, 0) is 36.7 Å². The van der Waals surface area contributed by atoms with Crippen LogP contribution in [0.4, 0.5) is 0 Å². The molecular weight excluding hydrogens is 342 g/mol. The lowest BCUT2D eigenvalue weighted by Gasteiger charge is -2.15. The van der Waals surface area contributed by atoms with Crippen molar-refractivity contribution in [2.45, 2.75) is 12.5 Å². The first-order chi connectivity index (χ1) is 11.7. The van der Waals surface area contributed by atoms with Crippen LogP contribution >= 0.6 is 12.4 Å². The summed E-state index contributed by atoms with van der Waals surface area (Å²) >= 11 is 0. The Bertz CT molecular complexity index is 651. The van der Waals surface area contributed by atoms with E-state index < -0.39 is 6.10 Å². The molecule has 2 rings (SSSR count). The fraction of sp³-hybridized carbons (Fsp3) is 0.368. The van der Waals surface area contributed by atoms with E-state index in [1.54, 1.807) is 21.3 Å². The van der Waals surface area contributed by atoms with Crippen LogP contribution in [-0.4, -0.2) is 39.5 Å². The molecule has 2 N–H and O–H groups in total. The van der Waals surface area contributed by atoms with Crippen molar-refractivity contribution in [3.8, 4) is 17.2 Å². The summed E-state index contributed by atoms with van der Waals surface area (Å²) in [5, 5.41) is 13.6. The highest BCUT2D eigenvalue weighted by Gasteiger charge is 2.12. The number of aliphatic hydroxyl groups excluding tert-OH is 1. The van der Waals surface area contributed by atoms with Crippen molar-refractivity contribution >= 4 is 12.4 Å². The molecule has 5 nitrogen and oxygen atoms in total. The number of methoxy groups -OCH3 is 3. The summed E-state index contributed by atoms with van der Waals surface area (Å²) in [4.78, 5) is 0. The molecule has 0 aromatic heterocycles. The highest BCUT2D eigenvalue weighted by molar-refractivity contribution is 5.85. The summed E-state index contributed by atoms with van der Waals surface area (Å²) in [6, 6.07) is 13.4. The molecule has 0 fully saturated rings. The predicted molar refractivity (Wildman–Crippen MR) is 101 cm³/mol. The van der Waals surface area contributed by atoms with Gasteiger partial charge in [-0.2, -0.15) is 0 Å². The van der Waals surface area contributed by atoms with Crippen LogP contribution in [-0.2, 0) is 6.42 Å². The zero-order valence-corrected chi connectivity index (χ0v) is 15.6. The van der Waals surface area contributed by atoms with E-state index in [0.717, 1.165) is 35.6 Å². The number of aliphatic hydroxyl groups is 1. The fourth-order valence-corrected chi connectivity index (χ4v) is 2.56. The van der Waals surface area contributed by atoms with Crippen LogP contribution in [0.1, 0.15) is 17.2 Å². The standard InChI is InChI=1S/C19H25NO4.ClH/c1-22-17-7-5-4-6-15(17)16(21)13-20-11-10-14-8-9-18(23-2)19(12-14)24-3;/h4-9,12,16,20-21H,10-11,13H2,1-3H3;1H. The van der Waals surface area contributed by atoms with Gasteiger partial charge >= 0.3 is 0 Å². The minimum Gasteiger partial charge on any atom is -0.496 e. The third-order valence-electron chi connectivity index (χ3n) is 3.87. The first kappa shape index (κ1) is 21.1. The molecule has 0 aliphatic carbocycles. The monoisotopic (exact) mass is 367 g/mol. The summed E-state index contributed by atoms with van der Waals surface area (Å²) in [7, 11) is 4.86. The first-order valence-corrected chi connectivity index (χ1v) is 7.92. The number of ether oxygens (including phenoxy) is 3. The van der Waals surface area contributed by atoms with Gasteiger partial charge in [-0.25, -0.2) is 0 Å². The Kier molecular flexibility index (Phi) is 9.13. The van der Waals surface area contributed by atoms with Crippen LogP contribution in [0, 0.1) is 0 Å². The maximum Gasteiger partial charge on any atom is 0.160 e. The molecule has 0 bridgehead atoms. The molecule has 1 unspecified atom stereocenters. The number of hydrogen-bond acceptors (Lipinski definition) is 5. The lowest BCUT2D eigenvalue weighted by molar-refractivity contribution is 0.171. The highest BCUT2D eigenvalue weighted by Crippen LogP contribution is 2.27. The average Bonchev–Trinajstić information content (AvgIpc) is 2.64. The Hall–Kier alpha value is -1.95. The molecule has 0 saturated heterocycles. The smallest absolute Gasteiger partial charge is 0.160 e. The Morgan fingerprint density at radius 1 is 0.920 bits per heavy atom. The normalized spacial score (nSPS) is 11.4. The maximum atomic E-state index is 10.3. The van der Waals surface area contributed by atoms with E-state index in [-0.39, 0.29) is 12.4 Å². The fourth-order valence-electron chi connectivity index (χ4n) is 2.56. The van der Waals surface area contributed by atoms with Gasteiger partial charge in [-0.1, -0.05) is 24.3 Å². The van der Waals surface area contributed by atoms with Gasteiger partial charge in [-0.15, -0.1) is 12.4 Å². The van der Waals surface area contributed by atoms with Crippen molar-refractivity contribution in [3.63, 3.8) is 0 Å².